The zero-order chi connectivity index (χ0) is 8.55. The van der Waals surface area contributed by atoms with Crippen molar-refractivity contribution in [2.75, 3.05) is 0 Å². The van der Waals surface area contributed by atoms with E-state index in [0.29, 0.717) is 17.7 Å². The van der Waals surface area contributed by atoms with E-state index in [1.807, 2.05) is 18.2 Å². The topological polar surface area (TPSA) is 49.9 Å². The molecule has 2 rings (SSSR count). The Morgan fingerprint density at radius 1 is 1.33 bits per heavy atom. The van der Waals surface area contributed by atoms with Crippen molar-refractivity contribution in [1.29, 1.82) is 5.41 Å². The number of nitrogens with one attached hydrogen (secondary N) is 1. The molecule has 2 unspecified atom stereocenters. The number of nitrogens with two attached hydrogens (primary N) is 1. The van der Waals surface area contributed by atoms with Gasteiger partial charge >= 0.3 is 0 Å². The van der Waals surface area contributed by atoms with Gasteiger partial charge in [0.05, 0.1) is 5.84 Å². The van der Waals surface area contributed by atoms with E-state index in [1.54, 1.807) is 0 Å². The first-order valence-corrected chi connectivity index (χ1v) is 4.18. The lowest BCUT2D eigenvalue weighted by Gasteiger charge is -1.97. The van der Waals surface area contributed by atoms with Gasteiger partial charge in [0, 0.05) is 5.92 Å². The third kappa shape index (κ3) is 1.20. The number of amidine groups is 1. The number of hydrogen-bond acceptors (Lipinski definition) is 1. The lowest BCUT2D eigenvalue weighted by molar-refractivity contribution is 1.03. The standard InChI is InChI=1S/C10H12N2/c11-10(12)9-6-8(9)7-4-2-1-3-5-7/h1-5,8-9H,6H2,(H3,11,12). The zero-order valence-corrected chi connectivity index (χ0v) is 6.83. The fourth-order valence-electron chi connectivity index (χ4n) is 1.61. The van der Waals surface area contributed by atoms with Gasteiger partial charge in [-0.05, 0) is 17.9 Å². The van der Waals surface area contributed by atoms with Crippen LogP contribution in [0.4, 0.5) is 0 Å². The summed E-state index contributed by atoms with van der Waals surface area (Å²) < 4.78 is 0. The molecule has 2 nitrogen and oxygen atoms in total. The molecule has 1 fully saturated rings. The molecule has 2 heteroatoms. The monoisotopic (exact) mass is 160 g/mol. The quantitative estimate of drug-likeness (QED) is 0.502. The molecule has 0 saturated heterocycles. The summed E-state index contributed by atoms with van der Waals surface area (Å²) in [4.78, 5) is 0. The van der Waals surface area contributed by atoms with Gasteiger partial charge in [-0.25, -0.2) is 0 Å². The number of benzene rings is 1. The minimum absolute atomic E-state index is 0.312. The van der Waals surface area contributed by atoms with Crippen LogP contribution in [0.25, 0.3) is 0 Å². The lowest BCUT2D eigenvalue weighted by atomic mass is 10.1. The summed E-state index contributed by atoms with van der Waals surface area (Å²) >= 11 is 0. The van der Waals surface area contributed by atoms with Crippen LogP contribution >= 0.6 is 0 Å². The largest absolute Gasteiger partial charge is 0.387 e. The molecule has 0 radical (unpaired) electrons. The van der Waals surface area contributed by atoms with Gasteiger partial charge in [0.1, 0.15) is 0 Å². The Bertz CT molecular complexity index is 292. The van der Waals surface area contributed by atoms with Gasteiger partial charge in [-0.2, -0.15) is 0 Å². The van der Waals surface area contributed by atoms with Crippen molar-refractivity contribution in [2.24, 2.45) is 11.7 Å². The molecule has 2 atom stereocenters. The van der Waals surface area contributed by atoms with Crippen molar-refractivity contribution in [3.8, 4) is 0 Å². The Hall–Kier alpha value is -1.31. The van der Waals surface area contributed by atoms with Crippen molar-refractivity contribution >= 4 is 5.84 Å². The van der Waals surface area contributed by atoms with Crippen molar-refractivity contribution in [3.05, 3.63) is 35.9 Å². The Morgan fingerprint density at radius 2 is 2.00 bits per heavy atom. The summed E-state index contributed by atoms with van der Waals surface area (Å²) in [6.45, 7) is 0. The third-order valence-electron chi connectivity index (χ3n) is 2.42. The van der Waals surface area contributed by atoms with Gasteiger partial charge in [0.15, 0.2) is 0 Å². The minimum atomic E-state index is 0.312. The van der Waals surface area contributed by atoms with Crippen LogP contribution in [-0.2, 0) is 0 Å². The number of rotatable bonds is 2. The highest BCUT2D eigenvalue weighted by Gasteiger charge is 2.40. The molecule has 12 heavy (non-hydrogen) atoms. The molecule has 1 aliphatic carbocycles. The van der Waals surface area contributed by atoms with Gasteiger partial charge in [-0.3, -0.25) is 5.41 Å². The van der Waals surface area contributed by atoms with Crippen molar-refractivity contribution in [2.45, 2.75) is 12.3 Å². The van der Waals surface area contributed by atoms with Gasteiger partial charge < -0.3 is 5.73 Å². The van der Waals surface area contributed by atoms with Crippen LogP contribution < -0.4 is 5.73 Å². The molecule has 0 amide bonds. The average molecular weight is 160 g/mol. The maximum absolute atomic E-state index is 7.27. The predicted molar refractivity (Wildman–Crippen MR) is 49.2 cm³/mol. The van der Waals surface area contributed by atoms with Crippen molar-refractivity contribution in [3.63, 3.8) is 0 Å². The van der Waals surface area contributed by atoms with Crippen molar-refractivity contribution in [1.82, 2.24) is 0 Å². The van der Waals surface area contributed by atoms with Crippen LogP contribution in [0.15, 0.2) is 30.3 Å². The van der Waals surface area contributed by atoms with Crippen LogP contribution in [0, 0.1) is 11.3 Å². The Labute approximate surface area is 71.9 Å². The summed E-state index contributed by atoms with van der Waals surface area (Å²) in [6, 6.07) is 10.3. The first kappa shape index (κ1) is 7.35. The third-order valence-corrected chi connectivity index (χ3v) is 2.42. The van der Waals surface area contributed by atoms with E-state index in [4.69, 9.17) is 11.1 Å². The molecule has 0 bridgehead atoms. The summed E-state index contributed by atoms with van der Waals surface area (Å²) in [5, 5.41) is 7.27. The van der Waals surface area contributed by atoms with Gasteiger partial charge in [-0.1, -0.05) is 30.3 Å². The molecule has 0 heterocycles. The van der Waals surface area contributed by atoms with Gasteiger partial charge in [0.2, 0.25) is 0 Å². The van der Waals surface area contributed by atoms with Crippen LogP contribution in [-0.4, -0.2) is 5.84 Å². The molecule has 3 N–H and O–H groups in total. The average Bonchev–Trinajstić information content (AvgIpc) is 2.84. The minimum Gasteiger partial charge on any atom is -0.387 e. The van der Waals surface area contributed by atoms with E-state index in [2.05, 4.69) is 12.1 Å². The molecule has 0 spiro atoms. The van der Waals surface area contributed by atoms with Crippen LogP contribution in [0.1, 0.15) is 17.9 Å². The number of hydrogen-bond donors (Lipinski definition) is 2. The molecule has 62 valence electrons. The lowest BCUT2D eigenvalue weighted by Crippen LogP contribution is -2.12. The maximum Gasteiger partial charge on any atom is 0.0943 e. The predicted octanol–water partition coefficient (Wildman–Crippen LogP) is 1.73. The van der Waals surface area contributed by atoms with E-state index in [-0.39, 0.29) is 0 Å². The summed E-state index contributed by atoms with van der Waals surface area (Å²) in [5.74, 6) is 1.17. The summed E-state index contributed by atoms with van der Waals surface area (Å²) in [6.07, 6.45) is 1.05. The molecular formula is C10H12N2. The smallest absolute Gasteiger partial charge is 0.0943 e. The normalized spacial score (nSPS) is 26.7. The second-order valence-electron chi connectivity index (χ2n) is 3.31. The molecule has 0 aromatic heterocycles. The first-order valence-electron chi connectivity index (χ1n) is 4.18. The molecule has 1 aliphatic rings. The van der Waals surface area contributed by atoms with E-state index >= 15 is 0 Å². The fourth-order valence-corrected chi connectivity index (χ4v) is 1.61. The first-order chi connectivity index (χ1) is 5.79. The van der Waals surface area contributed by atoms with Gasteiger partial charge in [0.25, 0.3) is 0 Å². The maximum atomic E-state index is 7.27. The summed E-state index contributed by atoms with van der Waals surface area (Å²) in [7, 11) is 0. The SMILES string of the molecule is N=C(N)C1CC1c1ccccc1. The van der Waals surface area contributed by atoms with E-state index in [0.717, 1.165) is 6.42 Å². The summed E-state index contributed by atoms with van der Waals surface area (Å²) in [5.41, 5.74) is 6.73. The molecule has 0 aliphatic heterocycles. The van der Waals surface area contributed by atoms with Crippen LogP contribution in [0.2, 0.25) is 0 Å². The highest BCUT2D eigenvalue weighted by atomic mass is 14.8. The van der Waals surface area contributed by atoms with E-state index in [9.17, 15) is 0 Å². The molecule has 1 saturated carbocycles. The van der Waals surface area contributed by atoms with E-state index in [1.165, 1.54) is 5.56 Å². The Kier molecular flexibility index (Phi) is 1.61. The second-order valence-corrected chi connectivity index (χ2v) is 3.31. The van der Waals surface area contributed by atoms with Crippen molar-refractivity contribution < 1.29 is 0 Å². The highest BCUT2D eigenvalue weighted by molar-refractivity contribution is 5.83. The molecule has 1 aromatic rings. The Balaban J connectivity index is 2.11. The zero-order valence-electron chi connectivity index (χ0n) is 6.83. The van der Waals surface area contributed by atoms with Crippen LogP contribution in [0.5, 0.6) is 0 Å². The molecule has 1 aromatic carbocycles. The van der Waals surface area contributed by atoms with E-state index < -0.39 is 0 Å². The van der Waals surface area contributed by atoms with Crippen LogP contribution in [0.3, 0.4) is 0 Å². The fraction of sp³-hybridized carbons (Fsp3) is 0.300. The highest BCUT2D eigenvalue weighted by Crippen LogP contribution is 2.46. The second kappa shape index (κ2) is 2.63. The Morgan fingerprint density at radius 3 is 2.50 bits per heavy atom. The van der Waals surface area contributed by atoms with Gasteiger partial charge in [-0.15, -0.1) is 0 Å². The molecular weight excluding hydrogens is 148 g/mol.